The van der Waals surface area contributed by atoms with Crippen LogP contribution in [0.2, 0.25) is 0 Å². The molecular weight excluding hydrogens is 352 g/mol. The number of oxazole rings is 1. The van der Waals surface area contributed by atoms with E-state index in [1.54, 1.807) is 18.2 Å². The quantitative estimate of drug-likeness (QED) is 0.552. The molecule has 0 fully saturated rings. The fourth-order valence-electron chi connectivity index (χ4n) is 2.62. The first-order valence-electron chi connectivity index (χ1n) is 7.74. The van der Waals surface area contributed by atoms with Gasteiger partial charge in [0.05, 0.1) is 11.9 Å². The lowest BCUT2D eigenvalue weighted by Crippen LogP contribution is -1.99. The van der Waals surface area contributed by atoms with Crippen LogP contribution in [0.4, 0.5) is 5.82 Å². The van der Waals surface area contributed by atoms with E-state index in [0.29, 0.717) is 28.1 Å². The molecule has 2 aromatic heterocycles. The fraction of sp³-hybridized carbons (Fsp3) is 0.0556. The van der Waals surface area contributed by atoms with Crippen LogP contribution in [0.1, 0.15) is 5.56 Å². The Hall–Kier alpha value is -3.10. The number of nitrogens with zero attached hydrogens (tertiary/aromatic N) is 3. The van der Waals surface area contributed by atoms with Crippen LogP contribution in [0.5, 0.6) is 0 Å². The lowest BCUT2D eigenvalue weighted by atomic mass is 10.1. The number of benzene rings is 2. The Bertz CT molecular complexity index is 1090. The van der Waals surface area contributed by atoms with Crippen molar-refractivity contribution in [1.82, 2.24) is 15.0 Å². The Morgan fingerprint density at radius 3 is 2.77 bits per heavy atom. The molecule has 2 heterocycles. The summed E-state index contributed by atoms with van der Waals surface area (Å²) in [6.07, 6.45) is 1.54. The molecule has 0 aliphatic rings. The van der Waals surface area contributed by atoms with Gasteiger partial charge in [0.2, 0.25) is 5.89 Å². The van der Waals surface area contributed by atoms with Gasteiger partial charge in [0.15, 0.2) is 17.1 Å². The van der Waals surface area contributed by atoms with Crippen LogP contribution in [0.15, 0.2) is 59.1 Å². The van der Waals surface area contributed by atoms with E-state index < -0.39 is 11.1 Å². The van der Waals surface area contributed by atoms with Gasteiger partial charge in [-0.05, 0) is 23.8 Å². The van der Waals surface area contributed by atoms with Crippen molar-refractivity contribution in [1.29, 1.82) is 0 Å². The minimum Gasteiger partial charge on any atom is -0.772 e. The summed E-state index contributed by atoms with van der Waals surface area (Å²) in [5.41, 5.74) is 9.59. The molecule has 130 valence electrons. The summed E-state index contributed by atoms with van der Waals surface area (Å²) < 4.78 is 27.6. The summed E-state index contributed by atoms with van der Waals surface area (Å²) >= 11 is -2.16. The molecule has 0 radical (unpaired) electrons. The Balaban J connectivity index is 1.78. The van der Waals surface area contributed by atoms with Crippen LogP contribution in [-0.4, -0.2) is 23.7 Å². The zero-order valence-corrected chi connectivity index (χ0v) is 14.3. The van der Waals surface area contributed by atoms with Gasteiger partial charge in [-0.15, -0.1) is 0 Å². The highest BCUT2D eigenvalue weighted by Gasteiger charge is 2.15. The minimum absolute atomic E-state index is 0.0613. The number of rotatable bonds is 4. The molecule has 1 atom stereocenters. The molecule has 0 spiro atoms. The van der Waals surface area contributed by atoms with E-state index in [4.69, 9.17) is 10.2 Å². The molecule has 0 aliphatic heterocycles. The van der Waals surface area contributed by atoms with Crippen molar-refractivity contribution < 1.29 is 13.2 Å². The molecule has 0 saturated heterocycles. The van der Waals surface area contributed by atoms with Gasteiger partial charge in [0.1, 0.15) is 5.52 Å². The van der Waals surface area contributed by atoms with Gasteiger partial charge >= 0.3 is 0 Å². The summed E-state index contributed by atoms with van der Waals surface area (Å²) in [6.45, 7) is 0. The molecular formula is C18H13N4O3S-. The number of hydrogen-bond acceptors (Lipinski definition) is 7. The molecule has 8 heteroatoms. The maximum atomic E-state index is 10.9. The molecule has 2 N–H and O–H groups in total. The minimum atomic E-state index is -2.16. The second kappa shape index (κ2) is 6.66. The molecule has 0 saturated carbocycles. The first-order valence-corrected chi connectivity index (χ1v) is 8.98. The predicted molar refractivity (Wildman–Crippen MR) is 97.5 cm³/mol. The number of hydrogen-bond donors (Lipinski definition) is 1. The lowest BCUT2D eigenvalue weighted by molar-refractivity contribution is 0.536. The molecule has 0 amide bonds. The van der Waals surface area contributed by atoms with Gasteiger partial charge in [-0.3, -0.25) is 4.21 Å². The second-order valence-corrected chi connectivity index (χ2v) is 6.52. The van der Waals surface area contributed by atoms with Gasteiger partial charge in [0, 0.05) is 11.3 Å². The monoisotopic (exact) mass is 365 g/mol. The number of para-hydroxylation sites is 2. The van der Waals surface area contributed by atoms with Gasteiger partial charge in [-0.2, -0.15) is 0 Å². The van der Waals surface area contributed by atoms with E-state index in [-0.39, 0.29) is 17.5 Å². The highest BCUT2D eigenvalue weighted by molar-refractivity contribution is 7.78. The number of aromatic nitrogens is 3. The van der Waals surface area contributed by atoms with Crippen LogP contribution in [-0.2, 0) is 16.8 Å². The average Bonchev–Trinajstić information content (AvgIpc) is 3.05. The lowest BCUT2D eigenvalue weighted by Gasteiger charge is -2.08. The largest absolute Gasteiger partial charge is 0.772 e. The van der Waals surface area contributed by atoms with Crippen molar-refractivity contribution in [3.8, 4) is 22.8 Å². The molecule has 0 bridgehead atoms. The number of nitrogen functional groups attached to an aromatic ring is 1. The van der Waals surface area contributed by atoms with E-state index in [9.17, 15) is 8.76 Å². The van der Waals surface area contributed by atoms with Gasteiger partial charge < -0.3 is 14.7 Å². The third-order valence-electron chi connectivity index (χ3n) is 3.80. The molecule has 4 aromatic rings. The van der Waals surface area contributed by atoms with E-state index in [1.165, 1.54) is 6.20 Å². The van der Waals surface area contributed by atoms with Gasteiger partial charge in [-0.25, -0.2) is 15.0 Å². The standard InChI is InChI=1S/C18H14N4O3S/c19-17-16(18-22-13-6-1-2-7-15(13)25-18)21-14(9-20-17)12-5-3-4-11(8-12)10-26(23)24/h1-9H,10H2,(H2,19,20)(H,23,24)/p-1. The van der Waals surface area contributed by atoms with Crippen LogP contribution in [0.3, 0.4) is 0 Å². The summed E-state index contributed by atoms with van der Waals surface area (Å²) in [7, 11) is 0. The van der Waals surface area contributed by atoms with Gasteiger partial charge in [-0.1, -0.05) is 41.4 Å². The topological polar surface area (TPSA) is 118 Å². The van der Waals surface area contributed by atoms with Crippen LogP contribution in [0.25, 0.3) is 33.9 Å². The molecule has 1 unspecified atom stereocenters. The molecule has 4 rings (SSSR count). The van der Waals surface area contributed by atoms with Crippen LogP contribution >= 0.6 is 0 Å². The van der Waals surface area contributed by atoms with E-state index >= 15 is 0 Å². The van der Waals surface area contributed by atoms with Crippen molar-refractivity contribution in [2.45, 2.75) is 5.75 Å². The van der Waals surface area contributed by atoms with Crippen molar-refractivity contribution in [2.24, 2.45) is 0 Å². The van der Waals surface area contributed by atoms with Crippen molar-refractivity contribution in [3.63, 3.8) is 0 Å². The Kier molecular flexibility index (Phi) is 4.19. The third-order valence-corrected chi connectivity index (χ3v) is 4.37. The number of nitrogens with two attached hydrogens (primary N) is 1. The highest BCUT2D eigenvalue weighted by atomic mass is 32.2. The second-order valence-electron chi connectivity index (χ2n) is 5.62. The van der Waals surface area contributed by atoms with Crippen molar-refractivity contribution in [2.75, 3.05) is 5.73 Å². The number of anilines is 1. The Morgan fingerprint density at radius 2 is 1.96 bits per heavy atom. The molecule has 0 aliphatic carbocycles. The van der Waals surface area contributed by atoms with Crippen molar-refractivity contribution in [3.05, 3.63) is 60.3 Å². The first-order chi connectivity index (χ1) is 12.6. The Labute approximate surface area is 151 Å². The zero-order chi connectivity index (χ0) is 18.1. The zero-order valence-electron chi connectivity index (χ0n) is 13.5. The van der Waals surface area contributed by atoms with Crippen molar-refractivity contribution >= 4 is 28.0 Å². The first kappa shape index (κ1) is 16.4. The summed E-state index contributed by atoms with van der Waals surface area (Å²) in [4.78, 5) is 13.1. The average molecular weight is 365 g/mol. The van der Waals surface area contributed by atoms with Crippen LogP contribution in [0, 0.1) is 0 Å². The molecule has 2 aromatic carbocycles. The normalized spacial score (nSPS) is 12.3. The maximum absolute atomic E-state index is 10.9. The highest BCUT2D eigenvalue weighted by Crippen LogP contribution is 2.28. The van der Waals surface area contributed by atoms with Gasteiger partial charge in [0.25, 0.3) is 0 Å². The molecule has 7 nitrogen and oxygen atoms in total. The maximum Gasteiger partial charge on any atom is 0.250 e. The van der Waals surface area contributed by atoms with E-state index in [1.807, 2.05) is 30.3 Å². The SMILES string of the molecule is Nc1ncc(-c2cccc(CS(=O)[O-])c2)nc1-c1nc2ccccc2o1. The van der Waals surface area contributed by atoms with E-state index in [0.717, 1.165) is 5.56 Å². The summed E-state index contributed by atoms with van der Waals surface area (Å²) in [5.74, 6) is 0.431. The Morgan fingerprint density at radius 1 is 1.12 bits per heavy atom. The van der Waals surface area contributed by atoms with Crippen LogP contribution < -0.4 is 5.73 Å². The number of fused-ring (bicyclic) bond motifs is 1. The predicted octanol–water partition coefficient (Wildman–Crippen LogP) is 2.91. The third kappa shape index (κ3) is 3.19. The summed E-state index contributed by atoms with van der Waals surface area (Å²) in [6, 6.07) is 14.5. The summed E-state index contributed by atoms with van der Waals surface area (Å²) in [5, 5.41) is 0. The fourth-order valence-corrected chi connectivity index (χ4v) is 3.08. The smallest absolute Gasteiger partial charge is 0.250 e. The van der Waals surface area contributed by atoms with E-state index in [2.05, 4.69) is 15.0 Å². The molecule has 26 heavy (non-hydrogen) atoms.